The van der Waals surface area contributed by atoms with Crippen LogP contribution < -0.4 is 5.32 Å². The zero-order valence-corrected chi connectivity index (χ0v) is 12.3. The van der Waals surface area contributed by atoms with Gasteiger partial charge in [0.25, 0.3) is 0 Å². The fraction of sp³-hybridized carbons (Fsp3) is 0.667. The van der Waals surface area contributed by atoms with Gasteiger partial charge in [-0.1, -0.05) is 13.8 Å². The second kappa shape index (κ2) is 6.13. The largest absolute Gasteiger partial charge is 0.469 e. The molecule has 0 saturated carbocycles. The van der Waals surface area contributed by atoms with E-state index < -0.39 is 0 Å². The minimum absolute atomic E-state index is 0.400. The summed E-state index contributed by atoms with van der Waals surface area (Å²) in [6.07, 6.45) is 3.81. The van der Waals surface area contributed by atoms with Gasteiger partial charge in [0.1, 0.15) is 5.76 Å². The number of guanidine groups is 1. The van der Waals surface area contributed by atoms with Gasteiger partial charge in [-0.2, -0.15) is 0 Å². The lowest BCUT2D eigenvalue weighted by atomic mass is 9.93. The molecule has 0 aromatic carbocycles. The number of nitrogens with zero attached hydrogens (tertiary/aromatic N) is 2. The summed E-state index contributed by atoms with van der Waals surface area (Å²) >= 11 is 0. The summed E-state index contributed by atoms with van der Waals surface area (Å²) in [7, 11) is 0. The van der Waals surface area contributed by atoms with E-state index in [4.69, 9.17) is 9.41 Å². The van der Waals surface area contributed by atoms with Gasteiger partial charge in [0.05, 0.1) is 6.26 Å². The van der Waals surface area contributed by atoms with Crippen LogP contribution in [-0.4, -0.2) is 37.0 Å². The summed E-state index contributed by atoms with van der Waals surface area (Å²) in [4.78, 5) is 7.07. The van der Waals surface area contributed by atoms with Crippen LogP contribution in [0.5, 0.6) is 0 Å². The van der Waals surface area contributed by atoms with Crippen molar-refractivity contribution in [3.63, 3.8) is 0 Å². The topological polar surface area (TPSA) is 40.8 Å². The fourth-order valence-electron chi connectivity index (χ4n) is 2.45. The Balaban J connectivity index is 1.91. The first-order valence-electron chi connectivity index (χ1n) is 7.16. The number of hydrogen-bond acceptors (Lipinski definition) is 2. The van der Waals surface area contributed by atoms with Crippen molar-refractivity contribution in [2.24, 2.45) is 10.4 Å². The predicted molar refractivity (Wildman–Crippen MR) is 78.4 cm³/mol. The van der Waals surface area contributed by atoms with E-state index in [1.165, 1.54) is 6.42 Å². The molecule has 2 heterocycles. The Kier molecular flexibility index (Phi) is 4.51. The molecule has 4 heteroatoms. The Hall–Kier alpha value is -1.45. The molecule has 2 rings (SSSR count). The van der Waals surface area contributed by atoms with Gasteiger partial charge in [-0.3, -0.25) is 4.99 Å². The van der Waals surface area contributed by atoms with E-state index in [1.54, 1.807) is 6.26 Å². The van der Waals surface area contributed by atoms with Crippen molar-refractivity contribution in [3.05, 3.63) is 24.2 Å². The highest BCUT2D eigenvalue weighted by atomic mass is 16.3. The third kappa shape index (κ3) is 4.01. The molecular weight excluding hydrogens is 238 g/mol. The Morgan fingerprint density at radius 2 is 2.37 bits per heavy atom. The first kappa shape index (κ1) is 14.0. The highest BCUT2D eigenvalue weighted by Crippen LogP contribution is 2.28. The molecule has 1 saturated heterocycles. The van der Waals surface area contributed by atoms with Gasteiger partial charge in [0.2, 0.25) is 0 Å². The van der Waals surface area contributed by atoms with E-state index in [9.17, 15) is 0 Å². The molecular formula is C15H25N3O. The zero-order chi connectivity index (χ0) is 13.7. The number of furan rings is 1. The second-order valence-corrected chi connectivity index (χ2v) is 5.90. The first-order chi connectivity index (χ1) is 9.11. The monoisotopic (exact) mass is 263 g/mol. The molecule has 0 bridgehead atoms. The van der Waals surface area contributed by atoms with Gasteiger partial charge < -0.3 is 14.6 Å². The van der Waals surface area contributed by atoms with Crippen molar-refractivity contribution in [2.45, 2.75) is 33.6 Å². The maximum atomic E-state index is 5.33. The van der Waals surface area contributed by atoms with Crippen LogP contribution in [0.3, 0.4) is 0 Å². The third-order valence-corrected chi connectivity index (χ3v) is 3.51. The summed E-state index contributed by atoms with van der Waals surface area (Å²) < 4.78 is 5.33. The van der Waals surface area contributed by atoms with Crippen LogP contribution in [0.2, 0.25) is 0 Å². The van der Waals surface area contributed by atoms with Gasteiger partial charge in [0, 0.05) is 32.6 Å². The van der Waals surface area contributed by atoms with E-state index >= 15 is 0 Å². The normalized spacial score (nSPS) is 18.9. The molecule has 4 nitrogen and oxygen atoms in total. The average Bonchev–Trinajstić information content (AvgIpc) is 2.97. The molecule has 0 amide bonds. The summed E-state index contributed by atoms with van der Waals surface area (Å²) in [6, 6.07) is 3.93. The number of hydrogen-bond donors (Lipinski definition) is 1. The molecule has 0 unspecified atom stereocenters. The van der Waals surface area contributed by atoms with Crippen LogP contribution in [0.25, 0.3) is 0 Å². The van der Waals surface area contributed by atoms with Crippen molar-refractivity contribution in [1.82, 2.24) is 10.2 Å². The van der Waals surface area contributed by atoms with Crippen molar-refractivity contribution < 1.29 is 4.42 Å². The smallest absolute Gasteiger partial charge is 0.193 e. The molecule has 106 valence electrons. The second-order valence-electron chi connectivity index (χ2n) is 5.90. The quantitative estimate of drug-likeness (QED) is 0.670. The average molecular weight is 263 g/mol. The molecule has 1 fully saturated rings. The summed E-state index contributed by atoms with van der Waals surface area (Å²) in [5.41, 5.74) is 0.400. The number of nitrogens with one attached hydrogen (secondary N) is 1. The zero-order valence-electron chi connectivity index (χ0n) is 12.3. The maximum absolute atomic E-state index is 5.33. The number of aliphatic imine (C=N–C) groups is 1. The van der Waals surface area contributed by atoms with Crippen LogP contribution in [0.1, 0.15) is 33.0 Å². The van der Waals surface area contributed by atoms with Crippen LogP contribution in [0.15, 0.2) is 27.8 Å². The van der Waals surface area contributed by atoms with Crippen LogP contribution in [0.4, 0.5) is 0 Å². The van der Waals surface area contributed by atoms with Gasteiger partial charge >= 0.3 is 0 Å². The lowest BCUT2D eigenvalue weighted by Crippen LogP contribution is -2.40. The molecule has 1 N–H and O–H groups in total. The number of rotatable bonds is 4. The summed E-state index contributed by atoms with van der Waals surface area (Å²) in [5, 5.41) is 3.39. The van der Waals surface area contributed by atoms with Crippen LogP contribution in [-0.2, 0) is 6.42 Å². The molecule has 0 spiro atoms. The fourth-order valence-corrected chi connectivity index (χ4v) is 2.45. The molecule has 0 aliphatic carbocycles. The van der Waals surface area contributed by atoms with Crippen molar-refractivity contribution in [2.75, 3.05) is 26.2 Å². The summed E-state index contributed by atoms with van der Waals surface area (Å²) in [5.74, 6) is 2.04. The van der Waals surface area contributed by atoms with E-state index in [0.29, 0.717) is 5.41 Å². The highest BCUT2D eigenvalue weighted by molar-refractivity contribution is 5.80. The Morgan fingerprint density at radius 3 is 2.95 bits per heavy atom. The maximum Gasteiger partial charge on any atom is 0.193 e. The molecule has 1 aromatic rings. The van der Waals surface area contributed by atoms with Crippen molar-refractivity contribution in [3.8, 4) is 0 Å². The van der Waals surface area contributed by atoms with Gasteiger partial charge in [-0.05, 0) is 30.9 Å². The Labute approximate surface area is 115 Å². The van der Waals surface area contributed by atoms with E-state index in [-0.39, 0.29) is 0 Å². The molecule has 1 aromatic heterocycles. The standard InChI is InChI=1S/C15H25N3O/c1-4-16-14(18-10-8-15(2,3)12-18)17-9-7-13-6-5-11-19-13/h5-6,11H,4,7-10,12H2,1-3H3,(H,16,17). The minimum Gasteiger partial charge on any atom is -0.469 e. The summed E-state index contributed by atoms with van der Waals surface area (Å²) in [6.45, 7) is 10.6. The minimum atomic E-state index is 0.400. The third-order valence-electron chi connectivity index (χ3n) is 3.51. The van der Waals surface area contributed by atoms with Gasteiger partial charge in [-0.15, -0.1) is 0 Å². The molecule has 19 heavy (non-hydrogen) atoms. The lowest BCUT2D eigenvalue weighted by molar-refractivity contribution is 0.370. The van der Waals surface area contributed by atoms with E-state index in [1.807, 2.05) is 12.1 Å². The molecule has 1 aliphatic heterocycles. The highest BCUT2D eigenvalue weighted by Gasteiger charge is 2.30. The predicted octanol–water partition coefficient (Wildman–Crippen LogP) is 2.52. The lowest BCUT2D eigenvalue weighted by Gasteiger charge is -2.23. The first-order valence-corrected chi connectivity index (χ1v) is 7.16. The van der Waals surface area contributed by atoms with Gasteiger partial charge in [-0.25, -0.2) is 0 Å². The van der Waals surface area contributed by atoms with Crippen LogP contribution >= 0.6 is 0 Å². The Morgan fingerprint density at radius 1 is 1.53 bits per heavy atom. The molecule has 0 atom stereocenters. The van der Waals surface area contributed by atoms with E-state index in [0.717, 1.165) is 44.3 Å². The van der Waals surface area contributed by atoms with Gasteiger partial charge in [0.15, 0.2) is 5.96 Å². The SMILES string of the molecule is CCNC(=NCCc1ccco1)N1CCC(C)(C)C1. The van der Waals surface area contributed by atoms with Crippen LogP contribution in [0, 0.1) is 5.41 Å². The Bertz CT molecular complexity index is 409. The van der Waals surface area contributed by atoms with Crippen molar-refractivity contribution >= 4 is 5.96 Å². The number of likely N-dealkylation sites (tertiary alicyclic amines) is 1. The molecule has 0 radical (unpaired) electrons. The molecule has 1 aliphatic rings. The van der Waals surface area contributed by atoms with E-state index in [2.05, 4.69) is 31.0 Å². The van der Waals surface area contributed by atoms with Crippen molar-refractivity contribution in [1.29, 1.82) is 0 Å².